The lowest BCUT2D eigenvalue weighted by Crippen LogP contribution is -2.42. The third-order valence-electron chi connectivity index (χ3n) is 3.73. The Bertz CT molecular complexity index is 681. The normalized spacial score (nSPS) is 18.9. The number of carbonyl (C=O) groups excluding carboxylic acids is 1. The highest BCUT2D eigenvalue weighted by Crippen LogP contribution is 2.30. The van der Waals surface area contributed by atoms with Gasteiger partial charge in [-0.15, -0.1) is 11.3 Å². The Morgan fingerprint density at radius 1 is 1.35 bits per heavy atom. The van der Waals surface area contributed by atoms with E-state index in [-0.39, 0.29) is 17.4 Å². The van der Waals surface area contributed by atoms with Gasteiger partial charge in [-0.2, -0.15) is 0 Å². The maximum atomic E-state index is 12.5. The van der Waals surface area contributed by atoms with E-state index in [1.807, 2.05) is 0 Å². The molecule has 0 bridgehead atoms. The second kappa shape index (κ2) is 6.33. The predicted octanol–water partition coefficient (Wildman–Crippen LogP) is 2.44. The zero-order valence-corrected chi connectivity index (χ0v) is 14.3. The van der Waals surface area contributed by atoms with Crippen LogP contribution in [-0.4, -0.2) is 45.5 Å². The number of aromatic nitrogens is 3. The minimum atomic E-state index is -0.168. The smallest absolute Gasteiger partial charge is 0.257 e. The van der Waals surface area contributed by atoms with E-state index < -0.39 is 0 Å². The minimum absolute atomic E-state index is 0.0142. The van der Waals surface area contributed by atoms with Gasteiger partial charge in [0, 0.05) is 29.7 Å². The summed E-state index contributed by atoms with van der Waals surface area (Å²) in [6.07, 6.45) is 4.34. The first-order valence-corrected chi connectivity index (χ1v) is 8.45. The van der Waals surface area contributed by atoms with E-state index in [2.05, 4.69) is 36.1 Å². The first-order valence-electron chi connectivity index (χ1n) is 7.57. The molecule has 0 aliphatic carbocycles. The Labute approximate surface area is 139 Å². The van der Waals surface area contributed by atoms with Gasteiger partial charge in [0.25, 0.3) is 5.91 Å². The Morgan fingerprint density at radius 3 is 2.74 bits per heavy atom. The SMILES string of the molecule is CC(C)(C)c1csc(C2CN(C(=O)c3cncnc3)CCO2)n1. The van der Waals surface area contributed by atoms with Crippen molar-refractivity contribution in [1.29, 1.82) is 0 Å². The number of carbonyl (C=O) groups is 1. The van der Waals surface area contributed by atoms with Gasteiger partial charge < -0.3 is 9.64 Å². The van der Waals surface area contributed by atoms with Crippen LogP contribution < -0.4 is 0 Å². The van der Waals surface area contributed by atoms with Crippen LogP contribution >= 0.6 is 11.3 Å². The number of hydrogen-bond acceptors (Lipinski definition) is 6. The molecule has 23 heavy (non-hydrogen) atoms. The van der Waals surface area contributed by atoms with Gasteiger partial charge in [-0.1, -0.05) is 20.8 Å². The summed E-state index contributed by atoms with van der Waals surface area (Å²) in [7, 11) is 0. The quantitative estimate of drug-likeness (QED) is 0.845. The third kappa shape index (κ3) is 3.56. The first kappa shape index (κ1) is 16.0. The van der Waals surface area contributed by atoms with Crippen molar-refractivity contribution in [2.45, 2.75) is 32.3 Å². The van der Waals surface area contributed by atoms with E-state index in [1.165, 1.54) is 6.33 Å². The Morgan fingerprint density at radius 2 is 2.09 bits per heavy atom. The van der Waals surface area contributed by atoms with E-state index in [4.69, 9.17) is 9.72 Å². The van der Waals surface area contributed by atoms with Gasteiger partial charge in [-0.25, -0.2) is 15.0 Å². The summed E-state index contributed by atoms with van der Waals surface area (Å²) < 4.78 is 5.83. The monoisotopic (exact) mass is 332 g/mol. The maximum absolute atomic E-state index is 12.5. The zero-order valence-electron chi connectivity index (χ0n) is 13.5. The highest BCUT2D eigenvalue weighted by Gasteiger charge is 2.29. The molecule has 6 nitrogen and oxygen atoms in total. The Balaban J connectivity index is 1.73. The molecule has 122 valence electrons. The standard InChI is InChI=1S/C16H20N4O2S/c1-16(2,3)13-9-23-14(19-13)12-8-20(4-5-22-12)15(21)11-6-17-10-18-7-11/h6-7,9-10,12H,4-5,8H2,1-3H3. The van der Waals surface area contributed by atoms with Crippen molar-refractivity contribution in [2.75, 3.05) is 19.7 Å². The first-order chi connectivity index (χ1) is 10.9. The number of amides is 1. The highest BCUT2D eigenvalue weighted by atomic mass is 32.1. The largest absolute Gasteiger partial charge is 0.367 e. The number of morpholine rings is 1. The second-order valence-electron chi connectivity index (χ2n) is 6.56. The van der Waals surface area contributed by atoms with Crippen molar-refractivity contribution in [3.63, 3.8) is 0 Å². The summed E-state index contributed by atoms with van der Waals surface area (Å²) in [4.78, 5) is 26.8. The average molecular weight is 332 g/mol. The molecule has 0 radical (unpaired) electrons. The van der Waals surface area contributed by atoms with E-state index >= 15 is 0 Å². The van der Waals surface area contributed by atoms with Crippen LogP contribution in [0.4, 0.5) is 0 Å². The molecule has 0 saturated carbocycles. The van der Waals surface area contributed by atoms with Crippen molar-refractivity contribution >= 4 is 17.2 Å². The molecule has 3 heterocycles. The molecule has 2 aromatic heterocycles. The van der Waals surface area contributed by atoms with Gasteiger partial charge in [-0.3, -0.25) is 4.79 Å². The molecule has 1 aliphatic rings. The lowest BCUT2D eigenvalue weighted by molar-refractivity contribution is -0.0230. The van der Waals surface area contributed by atoms with Crippen LogP contribution in [0.25, 0.3) is 0 Å². The fourth-order valence-corrected chi connectivity index (χ4v) is 3.44. The van der Waals surface area contributed by atoms with Gasteiger partial charge in [-0.05, 0) is 0 Å². The fraction of sp³-hybridized carbons (Fsp3) is 0.500. The summed E-state index contributed by atoms with van der Waals surface area (Å²) in [5.41, 5.74) is 1.57. The Kier molecular flexibility index (Phi) is 4.41. The van der Waals surface area contributed by atoms with Crippen molar-refractivity contribution in [3.8, 4) is 0 Å². The van der Waals surface area contributed by atoms with Gasteiger partial charge in [0.05, 0.1) is 24.4 Å². The van der Waals surface area contributed by atoms with Gasteiger partial charge >= 0.3 is 0 Å². The highest BCUT2D eigenvalue weighted by molar-refractivity contribution is 7.09. The number of thiazole rings is 1. The van der Waals surface area contributed by atoms with Gasteiger partial charge in [0.15, 0.2) is 0 Å². The summed E-state index contributed by atoms with van der Waals surface area (Å²) in [6.45, 7) is 8.00. The predicted molar refractivity (Wildman–Crippen MR) is 87.4 cm³/mol. The van der Waals surface area contributed by atoms with Crippen LogP contribution in [-0.2, 0) is 10.2 Å². The zero-order chi connectivity index (χ0) is 16.4. The molecule has 1 aliphatic heterocycles. The number of nitrogens with zero attached hydrogens (tertiary/aromatic N) is 4. The van der Waals surface area contributed by atoms with Crippen molar-refractivity contribution in [2.24, 2.45) is 0 Å². The lowest BCUT2D eigenvalue weighted by atomic mass is 9.93. The van der Waals surface area contributed by atoms with Crippen LogP contribution in [0.2, 0.25) is 0 Å². The Hall–Kier alpha value is -1.86. The molecule has 0 N–H and O–H groups in total. The molecule has 2 aromatic rings. The van der Waals surface area contributed by atoms with Crippen LogP contribution in [0.5, 0.6) is 0 Å². The van der Waals surface area contributed by atoms with E-state index in [9.17, 15) is 4.79 Å². The molecule has 0 spiro atoms. The van der Waals surface area contributed by atoms with Crippen molar-refractivity contribution in [1.82, 2.24) is 19.9 Å². The summed E-state index contributed by atoms with van der Waals surface area (Å²) in [5, 5.41) is 3.00. The van der Waals surface area contributed by atoms with Crippen LogP contribution in [0.1, 0.15) is 47.9 Å². The molecule has 0 aromatic carbocycles. The topological polar surface area (TPSA) is 68.2 Å². The maximum Gasteiger partial charge on any atom is 0.257 e. The molecule has 1 unspecified atom stereocenters. The van der Waals surface area contributed by atoms with Gasteiger partial charge in [0.2, 0.25) is 0 Å². The molecule has 3 rings (SSSR count). The second-order valence-corrected chi connectivity index (χ2v) is 7.45. The molecule has 1 saturated heterocycles. The average Bonchev–Trinajstić information content (AvgIpc) is 3.05. The van der Waals surface area contributed by atoms with Crippen LogP contribution in [0.15, 0.2) is 24.1 Å². The van der Waals surface area contributed by atoms with Crippen LogP contribution in [0, 0.1) is 0 Å². The van der Waals surface area contributed by atoms with Crippen molar-refractivity contribution < 1.29 is 9.53 Å². The third-order valence-corrected chi connectivity index (χ3v) is 4.66. The molecular formula is C16H20N4O2S. The number of hydrogen-bond donors (Lipinski definition) is 0. The van der Waals surface area contributed by atoms with Crippen LogP contribution in [0.3, 0.4) is 0 Å². The molecule has 1 amide bonds. The number of ether oxygens (including phenoxy) is 1. The molecule has 7 heteroatoms. The fourth-order valence-electron chi connectivity index (χ4n) is 2.36. The van der Waals surface area contributed by atoms with E-state index in [0.29, 0.717) is 25.3 Å². The lowest BCUT2D eigenvalue weighted by Gasteiger charge is -2.32. The van der Waals surface area contributed by atoms with E-state index in [0.717, 1.165) is 10.7 Å². The molecule has 1 atom stereocenters. The van der Waals surface area contributed by atoms with Crippen molar-refractivity contribution in [3.05, 3.63) is 40.4 Å². The van der Waals surface area contributed by atoms with E-state index in [1.54, 1.807) is 28.6 Å². The number of rotatable bonds is 2. The molecule has 1 fully saturated rings. The minimum Gasteiger partial charge on any atom is -0.367 e. The summed E-state index contributed by atoms with van der Waals surface area (Å²) >= 11 is 1.59. The molecular weight excluding hydrogens is 312 g/mol. The summed E-state index contributed by atoms with van der Waals surface area (Å²) in [6, 6.07) is 0. The summed E-state index contributed by atoms with van der Waals surface area (Å²) in [5.74, 6) is -0.0634. The van der Waals surface area contributed by atoms with Gasteiger partial charge in [0.1, 0.15) is 17.4 Å².